The van der Waals surface area contributed by atoms with Crippen LogP contribution in [0.15, 0.2) is 66.7 Å². The summed E-state index contributed by atoms with van der Waals surface area (Å²) in [5.41, 5.74) is 1.89. The molecule has 4 aromatic rings. The van der Waals surface area contributed by atoms with E-state index in [1.807, 2.05) is 19.9 Å². The van der Waals surface area contributed by atoms with E-state index in [9.17, 15) is 18.0 Å². The molecule has 0 radical (unpaired) electrons. The Hall–Kier alpha value is -4.41. The average molecular weight is 469 g/mol. The van der Waals surface area contributed by atoms with Gasteiger partial charge in [0.2, 0.25) is 5.88 Å². The van der Waals surface area contributed by atoms with E-state index in [0.29, 0.717) is 17.3 Å². The molecule has 2 aromatic heterocycles. The van der Waals surface area contributed by atoms with E-state index in [2.05, 4.69) is 25.3 Å². The summed E-state index contributed by atoms with van der Waals surface area (Å²) in [6.07, 6.45) is -4.91. The highest BCUT2D eigenvalue weighted by Gasteiger charge is 2.32. The molecular weight excluding hydrogens is 451 g/mol. The third kappa shape index (κ3) is 5.49. The molecule has 1 amide bonds. The number of rotatable bonds is 6. The first kappa shape index (κ1) is 22.8. The molecule has 11 heteroatoms. The number of carbonyl (C=O) groups excluding carboxylic acids is 1. The number of ether oxygens (including phenoxy) is 2. The third-order valence-corrected chi connectivity index (χ3v) is 4.54. The van der Waals surface area contributed by atoms with E-state index < -0.39 is 18.0 Å². The Morgan fingerprint density at radius 2 is 1.71 bits per heavy atom. The van der Waals surface area contributed by atoms with Gasteiger partial charge in [0.1, 0.15) is 11.5 Å². The maximum Gasteiger partial charge on any atom is 0.573 e. The molecule has 0 unspecified atom stereocenters. The molecule has 34 heavy (non-hydrogen) atoms. The van der Waals surface area contributed by atoms with Crippen LogP contribution >= 0.6 is 0 Å². The summed E-state index contributed by atoms with van der Waals surface area (Å²) in [6, 6.07) is 16.6. The Balaban J connectivity index is 1.41. The van der Waals surface area contributed by atoms with Crippen molar-refractivity contribution in [3.63, 3.8) is 0 Å². The number of alkyl halides is 3. The largest absolute Gasteiger partial charge is 0.573 e. The van der Waals surface area contributed by atoms with Crippen molar-refractivity contribution in [2.75, 3.05) is 5.32 Å². The minimum absolute atomic E-state index is 0.250. The molecule has 2 heterocycles. The Morgan fingerprint density at radius 3 is 2.32 bits per heavy atom. The number of nitrogens with zero attached hydrogens (tertiary/aromatic N) is 4. The number of halogens is 3. The molecule has 0 saturated carbocycles. The normalized spacial score (nSPS) is 11.2. The Kier molecular flexibility index (Phi) is 6.17. The number of hydrogen-bond donors (Lipinski definition) is 1. The van der Waals surface area contributed by atoms with E-state index in [4.69, 9.17) is 4.74 Å². The number of carbonyl (C=O) groups is 1. The van der Waals surface area contributed by atoms with Gasteiger partial charge in [0.25, 0.3) is 5.91 Å². The molecular formula is C23H18F3N5O3. The first-order valence-electron chi connectivity index (χ1n) is 9.99. The van der Waals surface area contributed by atoms with Crippen molar-refractivity contribution in [1.82, 2.24) is 20.0 Å². The van der Waals surface area contributed by atoms with Crippen molar-refractivity contribution >= 4 is 11.6 Å². The number of nitrogens with one attached hydrogen (secondary N) is 1. The summed E-state index contributed by atoms with van der Waals surface area (Å²) in [4.78, 5) is 12.5. The van der Waals surface area contributed by atoms with Crippen LogP contribution in [0.4, 0.5) is 18.9 Å². The molecule has 174 valence electrons. The molecule has 0 saturated heterocycles. The predicted octanol–water partition coefficient (Wildman–Crippen LogP) is 5.22. The zero-order valence-corrected chi connectivity index (χ0v) is 18.0. The quantitative estimate of drug-likeness (QED) is 0.416. The lowest BCUT2D eigenvalue weighted by Crippen LogP contribution is -2.20. The van der Waals surface area contributed by atoms with Crippen LogP contribution in [0.2, 0.25) is 0 Å². The van der Waals surface area contributed by atoms with Crippen LogP contribution < -0.4 is 14.8 Å². The Morgan fingerprint density at radius 1 is 0.971 bits per heavy atom. The summed E-state index contributed by atoms with van der Waals surface area (Å²) in [5, 5.41) is 15.0. The van der Waals surface area contributed by atoms with Crippen LogP contribution in [0, 0.1) is 13.8 Å². The Labute approximate surface area is 192 Å². The van der Waals surface area contributed by atoms with Crippen molar-refractivity contribution < 1.29 is 27.4 Å². The maximum atomic E-state index is 12.6. The van der Waals surface area contributed by atoms with Crippen LogP contribution in [0.1, 0.15) is 21.7 Å². The van der Waals surface area contributed by atoms with Gasteiger partial charge in [0.15, 0.2) is 5.82 Å². The zero-order valence-electron chi connectivity index (χ0n) is 18.0. The number of anilines is 1. The number of para-hydroxylation sites is 1. The number of aryl methyl sites for hydroxylation is 2. The molecule has 0 aliphatic heterocycles. The highest BCUT2D eigenvalue weighted by molar-refractivity contribution is 6.06. The lowest BCUT2D eigenvalue weighted by molar-refractivity contribution is -0.274. The highest BCUT2D eigenvalue weighted by atomic mass is 19.4. The fourth-order valence-corrected chi connectivity index (χ4v) is 3.13. The summed E-state index contributed by atoms with van der Waals surface area (Å²) < 4.78 is 49.0. The van der Waals surface area contributed by atoms with Crippen LogP contribution in [0.3, 0.4) is 0 Å². The van der Waals surface area contributed by atoms with E-state index >= 15 is 0 Å². The summed E-state index contributed by atoms with van der Waals surface area (Å²) >= 11 is 0. The van der Waals surface area contributed by atoms with Gasteiger partial charge in [-0.3, -0.25) is 4.79 Å². The van der Waals surface area contributed by atoms with Crippen LogP contribution in [0.25, 0.3) is 5.82 Å². The molecule has 0 bridgehead atoms. The lowest BCUT2D eigenvalue weighted by Gasteiger charge is -2.13. The molecule has 0 aliphatic rings. The van der Waals surface area contributed by atoms with Gasteiger partial charge in [-0.2, -0.15) is 5.10 Å². The SMILES string of the molecule is Cc1cc(C)n(-c2ccc(Oc3ccc(NC(=O)c4ccccc4OC(F)(F)F)cc3)nn2)n1. The van der Waals surface area contributed by atoms with Gasteiger partial charge in [-0.15, -0.1) is 23.4 Å². The molecule has 0 aliphatic carbocycles. The molecule has 1 N–H and O–H groups in total. The molecule has 0 fully saturated rings. The first-order chi connectivity index (χ1) is 16.2. The van der Waals surface area contributed by atoms with E-state index in [0.717, 1.165) is 17.5 Å². The first-order valence-corrected chi connectivity index (χ1v) is 9.99. The predicted molar refractivity (Wildman–Crippen MR) is 116 cm³/mol. The second-order valence-electron chi connectivity index (χ2n) is 7.19. The molecule has 0 atom stereocenters. The fraction of sp³-hybridized carbons (Fsp3) is 0.130. The van der Waals surface area contributed by atoms with E-state index in [-0.39, 0.29) is 11.4 Å². The number of hydrogen-bond acceptors (Lipinski definition) is 6. The van der Waals surface area contributed by atoms with Gasteiger partial charge in [0, 0.05) is 17.4 Å². The third-order valence-electron chi connectivity index (χ3n) is 4.54. The van der Waals surface area contributed by atoms with Crippen LogP contribution in [-0.2, 0) is 0 Å². The van der Waals surface area contributed by atoms with Crippen LogP contribution in [-0.4, -0.2) is 32.2 Å². The molecule has 8 nitrogen and oxygen atoms in total. The topological polar surface area (TPSA) is 91.2 Å². The highest BCUT2D eigenvalue weighted by Crippen LogP contribution is 2.27. The fourth-order valence-electron chi connectivity index (χ4n) is 3.13. The number of benzene rings is 2. The zero-order chi connectivity index (χ0) is 24.3. The summed E-state index contributed by atoms with van der Waals surface area (Å²) in [5.74, 6) is -0.118. The minimum Gasteiger partial charge on any atom is -0.438 e. The van der Waals surface area contributed by atoms with Gasteiger partial charge in [-0.05, 0) is 62.4 Å². The van der Waals surface area contributed by atoms with Crippen molar-refractivity contribution in [3.05, 3.63) is 83.7 Å². The van der Waals surface area contributed by atoms with E-state index in [1.54, 1.807) is 28.9 Å². The monoisotopic (exact) mass is 469 g/mol. The van der Waals surface area contributed by atoms with Gasteiger partial charge >= 0.3 is 6.36 Å². The average Bonchev–Trinajstić information content (AvgIpc) is 3.12. The van der Waals surface area contributed by atoms with Crippen molar-refractivity contribution in [2.45, 2.75) is 20.2 Å². The summed E-state index contributed by atoms with van der Waals surface area (Å²) in [7, 11) is 0. The van der Waals surface area contributed by atoms with Crippen LogP contribution in [0.5, 0.6) is 17.4 Å². The van der Waals surface area contributed by atoms with Gasteiger partial charge in [-0.25, -0.2) is 4.68 Å². The molecule has 2 aromatic carbocycles. The van der Waals surface area contributed by atoms with Crippen molar-refractivity contribution in [3.8, 4) is 23.2 Å². The second kappa shape index (κ2) is 9.22. The summed E-state index contributed by atoms with van der Waals surface area (Å²) in [6.45, 7) is 3.80. The molecule has 4 rings (SSSR count). The van der Waals surface area contributed by atoms with Crippen molar-refractivity contribution in [2.24, 2.45) is 0 Å². The maximum absolute atomic E-state index is 12.6. The minimum atomic E-state index is -4.91. The van der Waals surface area contributed by atoms with Crippen molar-refractivity contribution in [1.29, 1.82) is 0 Å². The molecule has 0 spiro atoms. The number of amides is 1. The van der Waals surface area contributed by atoms with Gasteiger partial charge < -0.3 is 14.8 Å². The number of aromatic nitrogens is 4. The second-order valence-corrected chi connectivity index (χ2v) is 7.19. The van der Waals surface area contributed by atoms with E-state index in [1.165, 1.54) is 30.3 Å². The smallest absolute Gasteiger partial charge is 0.438 e. The standard InChI is InChI=1S/C23H18F3N5O3/c1-14-13-15(2)31(30-14)20-11-12-21(29-28-20)33-17-9-7-16(8-10-17)27-22(32)18-5-3-4-6-19(18)34-23(24,25)26/h3-13H,1-2H3,(H,27,32). The van der Waals surface area contributed by atoms with Gasteiger partial charge in [0.05, 0.1) is 11.3 Å². The Bertz CT molecular complexity index is 1300. The van der Waals surface area contributed by atoms with Gasteiger partial charge in [-0.1, -0.05) is 12.1 Å². The lowest BCUT2D eigenvalue weighted by atomic mass is 10.2.